The Hall–Kier alpha value is -1.72. The number of aryl methyl sites for hydroxylation is 1. The van der Waals surface area contributed by atoms with Crippen LogP contribution in [0.1, 0.15) is 24.6 Å². The van der Waals surface area contributed by atoms with Gasteiger partial charge in [0.25, 0.3) is 0 Å². The molecular weight excluding hydrogens is 200 g/mol. The minimum atomic E-state index is -0.969. The predicted molar refractivity (Wildman–Crippen MR) is 50.7 cm³/mol. The molecule has 1 N–H and O–H groups in total. The normalized spacial score (nSPS) is 20.9. The second kappa shape index (κ2) is 3.45. The Morgan fingerprint density at radius 1 is 1.67 bits per heavy atom. The van der Waals surface area contributed by atoms with Crippen LogP contribution in [-0.2, 0) is 7.05 Å². The molecule has 1 fully saturated rings. The number of hydrogen-bond donors (Lipinski definition) is 1. The van der Waals surface area contributed by atoms with Gasteiger partial charge in [0.05, 0.1) is 12.2 Å². The lowest BCUT2D eigenvalue weighted by Gasteiger charge is -2.18. The molecule has 0 radical (unpaired) electrons. The molecule has 1 aromatic rings. The first-order chi connectivity index (χ1) is 7.09. The summed E-state index contributed by atoms with van der Waals surface area (Å²) in [6, 6.07) is -0.309. The van der Waals surface area contributed by atoms with E-state index >= 15 is 0 Å². The van der Waals surface area contributed by atoms with Gasteiger partial charge in [-0.2, -0.15) is 0 Å². The Kier molecular flexibility index (Phi) is 2.26. The van der Waals surface area contributed by atoms with E-state index in [0.29, 0.717) is 18.7 Å². The van der Waals surface area contributed by atoms with Crippen LogP contribution in [0.4, 0.5) is 4.79 Å². The molecule has 0 spiro atoms. The molecule has 0 aliphatic carbocycles. The first-order valence-corrected chi connectivity index (χ1v) is 4.75. The largest absolute Gasteiger partial charge is 0.465 e. The summed E-state index contributed by atoms with van der Waals surface area (Å²) in [6.45, 7) is 0.499. The van der Waals surface area contributed by atoms with E-state index < -0.39 is 11.8 Å². The summed E-state index contributed by atoms with van der Waals surface area (Å²) in [4.78, 5) is 23.3. The lowest BCUT2D eigenvalue weighted by Crippen LogP contribution is -2.28. The van der Waals surface area contributed by atoms with Crippen molar-refractivity contribution in [3.63, 3.8) is 0 Å². The van der Waals surface area contributed by atoms with Gasteiger partial charge in [-0.3, -0.25) is 9.47 Å². The molecule has 6 nitrogen and oxygen atoms in total. The third-order valence-electron chi connectivity index (χ3n) is 2.64. The summed E-state index contributed by atoms with van der Waals surface area (Å²) in [5.41, 5.74) is 0. The monoisotopic (exact) mass is 212 g/mol. The number of carbonyl (C=O) groups is 1. The fourth-order valence-corrected chi connectivity index (χ4v) is 1.89. The van der Waals surface area contributed by atoms with Crippen LogP contribution in [0.3, 0.4) is 0 Å². The second-order valence-electron chi connectivity index (χ2n) is 3.64. The fraction of sp³-hybridized carbons (Fsp3) is 0.556. The first kappa shape index (κ1) is 9.82. The van der Waals surface area contributed by atoms with Gasteiger partial charge >= 0.3 is 11.8 Å². The molecule has 1 aliphatic heterocycles. The van der Waals surface area contributed by atoms with Gasteiger partial charge in [-0.15, -0.1) is 0 Å². The fourth-order valence-electron chi connectivity index (χ4n) is 1.89. The van der Waals surface area contributed by atoms with E-state index in [1.54, 1.807) is 13.2 Å². The van der Waals surface area contributed by atoms with Crippen molar-refractivity contribution in [3.05, 3.63) is 22.5 Å². The van der Waals surface area contributed by atoms with E-state index in [9.17, 15) is 9.59 Å². The van der Waals surface area contributed by atoms with E-state index in [4.69, 9.17) is 9.52 Å². The van der Waals surface area contributed by atoms with Gasteiger partial charge in [-0.05, 0) is 12.8 Å². The number of carboxylic acid groups (broad SMARTS) is 1. The van der Waals surface area contributed by atoms with Crippen molar-refractivity contribution in [1.29, 1.82) is 0 Å². The minimum absolute atomic E-state index is 0.309. The van der Waals surface area contributed by atoms with Gasteiger partial charge in [0.2, 0.25) is 0 Å². The number of oxazole rings is 1. The molecule has 6 heteroatoms. The Bertz CT molecular complexity index is 434. The summed E-state index contributed by atoms with van der Waals surface area (Å²) in [6.07, 6.45) is 2.09. The van der Waals surface area contributed by atoms with E-state index in [1.807, 2.05) is 0 Å². The zero-order valence-corrected chi connectivity index (χ0v) is 8.34. The van der Waals surface area contributed by atoms with Crippen LogP contribution < -0.4 is 5.76 Å². The molecule has 1 amide bonds. The molecule has 0 saturated carbocycles. The number of amides is 1. The molecule has 1 saturated heterocycles. The number of likely N-dealkylation sites (tertiary alicyclic amines) is 1. The number of aromatic nitrogens is 1. The number of rotatable bonds is 1. The second-order valence-corrected chi connectivity index (χ2v) is 3.64. The Balaban J connectivity index is 2.30. The van der Waals surface area contributed by atoms with Gasteiger partial charge < -0.3 is 9.52 Å². The molecule has 1 atom stereocenters. The summed E-state index contributed by atoms with van der Waals surface area (Å²) in [5, 5.41) is 8.92. The summed E-state index contributed by atoms with van der Waals surface area (Å²) < 4.78 is 6.29. The summed E-state index contributed by atoms with van der Waals surface area (Å²) in [7, 11) is 1.58. The molecule has 1 aromatic heterocycles. The number of nitrogens with zero attached hydrogens (tertiary/aromatic N) is 2. The molecule has 82 valence electrons. The van der Waals surface area contributed by atoms with Gasteiger partial charge in [0, 0.05) is 13.6 Å². The topological polar surface area (TPSA) is 75.7 Å². The minimum Gasteiger partial charge on any atom is -0.465 e. The van der Waals surface area contributed by atoms with Gasteiger partial charge in [0.1, 0.15) is 5.76 Å². The van der Waals surface area contributed by atoms with Crippen molar-refractivity contribution in [1.82, 2.24) is 9.47 Å². The highest BCUT2D eigenvalue weighted by Gasteiger charge is 2.32. The van der Waals surface area contributed by atoms with Gasteiger partial charge in [-0.25, -0.2) is 9.59 Å². The highest BCUT2D eigenvalue weighted by molar-refractivity contribution is 5.66. The lowest BCUT2D eigenvalue weighted by atomic mass is 10.2. The van der Waals surface area contributed by atoms with Crippen LogP contribution in [0, 0.1) is 0 Å². The van der Waals surface area contributed by atoms with Crippen LogP contribution in [0.2, 0.25) is 0 Å². The zero-order valence-electron chi connectivity index (χ0n) is 8.34. The van der Waals surface area contributed by atoms with E-state index in [1.165, 1.54) is 9.47 Å². The molecule has 2 heterocycles. The lowest BCUT2D eigenvalue weighted by molar-refractivity contribution is 0.135. The van der Waals surface area contributed by atoms with Crippen LogP contribution in [0.5, 0.6) is 0 Å². The zero-order chi connectivity index (χ0) is 11.0. The average molecular weight is 212 g/mol. The molecule has 0 bridgehead atoms. The van der Waals surface area contributed by atoms with Crippen LogP contribution in [0.15, 0.2) is 15.4 Å². The van der Waals surface area contributed by atoms with Crippen molar-refractivity contribution >= 4 is 6.09 Å². The molecule has 0 aromatic carbocycles. The highest BCUT2D eigenvalue weighted by atomic mass is 16.4. The number of hydrogen-bond acceptors (Lipinski definition) is 3. The van der Waals surface area contributed by atoms with E-state index in [2.05, 4.69) is 0 Å². The van der Waals surface area contributed by atoms with E-state index in [-0.39, 0.29) is 6.04 Å². The maximum Gasteiger partial charge on any atom is 0.418 e. The quantitative estimate of drug-likeness (QED) is 0.746. The van der Waals surface area contributed by atoms with Gasteiger partial charge in [-0.1, -0.05) is 0 Å². The molecule has 15 heavy (non-hydrogen) atoms. The van der Waals surface area contributed by atoms with Crippen molar-refractivity contribution in [3.8, 4) is 0 Å². The van der Waals surface area contributed by atoms with Crippen LogP contribution >= 0.6 is 0 Å². The third-order valence-corrected chi connectivity index (χ3v) is 2.64. The highest BCUT2D eigenvalue weighted by Crippen LogP contribution is 2.30. The summed E-state index contributed by atoms with van der Waals surface area (Å²) in [5.74, 6) is -0.0235. The Morgan fingerprint density at radius 2 is 2.40 bits per heavy atom. The molecule has 1 aliphatic rings. The maximum atomic E-state index is 11.1. The van der Waals surface area contributed by atoms with Crippen molar-refractivity contribution < 1.29 is 14.3 Å². The SMILES string of the molecule is Cn1cc([C@H]2CCCN2C(=O)O)oc1=O. The Labute approximate surface area is 85.7 Å². The van der Waals surface area contributed by atoms with Crippen molar-refractivity contribution in [2.24, 2.45) is 7.05 Å². The average Bonchev–Trinajstić information content (AvgIpc) is 2.73. The maximum absolute atomic E-state index is 11.1. The summed E-state index contributed by atoms with van der Waals surface area (Å²) >= 11 is 0. The standard InChI is InChI=1S/C9H12N2O4/c1-10-5-7(15-9(10)14)6-3-2-4-11(6)8(12)13/h5-6H,2-4H2,1H3,(H,12,13)/t6-/m1/s1. The Morgan fingerprint density at radius 3 is 2.93 bits per heavy atom. The third kappa shape index (κ3) is 1.62. The molecule has 2 rings (SSSR count). The van der Waals surface area contributed by atoms with Crippen LogP contribution in [0.25, 0.3) is 0 Å². The first-order valence-electron chi connectivity index (χ1n) is 4.75. The predicted octanol–water partition coefficient (Wildman–Crippen LogP) is 0.793. The molecule has 0 unspecified atom stereocenters. The van der Waals surface area contributed by atoms with Crippen molar-refractivity contribution in [2.45, 2.75) is 18.9 Å². The van der Waals surface area contributed by atoms with Gasteiger partial charge in [0.15, 0.2) is 0 Å². The smallest absolute Gasteiger partial charge is 0.418 e. The van der Waals surface area contributed by atoms with Crippen molar-refractivity contribution in [2.75, 3.05) is 6.54 Å². The molecular formula is C9H12N2O4. The van der Waals surface area contributed by atoms with Crippen LogP contribution in [-0.4, -0.2) is 27.2 Å². The van der Waals surface area contributed by atoms with E-state index in [0.717, 1.165) is 6.42 Å².